The highest BCUT2D eigenvalue weighted by Crippen LogP contribution is 2.10. The number of hydrogen-bond donors (Lipinski definition) is 0. The summed E-state index contributed by atoms with van der Waals surface area (Å²) in [6.45, 7) is 3.26. The summed E-state index contributed by atoms with van der Waals surface area (Å²) in [6, 6.07) is 1.66. The van der Waals surface area contributed by atoms with Crippen molar-refractivity contribution >= 4 is 16.9 Å². The van der Waals surface area contributed by atoms with Crippen molar-refractivity contribution in [1.82, 2.24) is 23.5 Å². The number of fused-ring (bicyclic) bond motifs is 1. The number of piperazine rings is 1. The minimum atomic E-state index is -0.394. The molecule has 0 unspecified atom stereocenters. The lowest BCUT2D eigenvalue weighted by molar-refractivity contribution is -0.133. The van der Waals surface area contributed by atoms with Crippen LogP contribution in [0.4, 0.5) is 0 Å². The van der Waals surface area contributed by atoms with Gasteiger partial charge >= 0.3 is 5.69 Å². The summed E-state index contributed by atoms with van der Waals surface area (Å²) >= 11 is 0. The van der Waals surface area contributed by atoms with Crippen LogP contribution in [-0.2, 0) is 25.4 Å². The van der Waals surface area contributed by atoms with Gasteiger partial charge in [0, 0.05) is 46.5 Å². The lowest BCUT2D eigenvalue weighted by Crippen LogP contribution is -2.48. The molecule has 1 amide bonds. The number of carbonyl (C=O) groups excluding carboxylic acids is 1. The minimum Gasteiger partial charge on any atom is -0.339 e. The fourth-order valence-corrected chi connectivity index (χ4v) is 3.02. The van der Waals surface area contributed by atoms with Crippen LogP contribution in [0.2, 0.25) is 0 Å². The van der Waals surface area contributed by atoms with E-state index in [9.17, 15) is 14.4 Å². The van der Waals surface area contributed by atoms with E-state index in [1.165, 1.54) is 11.6 Å². The molecule has 0 N–H and O–H groups in total. The molecule has 1 fully saturated rings. The van der Waals surface area contributed by atoms with Crippen LogP contribution in [0.15, 0.2) is 21.9 Å². The van der Waals surface area contributed by atoms with Crippen molar-refractivity contribution < 1.29 is 4.79 Å². The van der Waals surface area contributed by atoms with Gasteiger partial charge in [-0.15, -0.1) is 0 Å². The van der Waals surface area contributed by atoms with Gasteiger partial charge in [-0.1, -0.05) is 0 Å². The molecule has 124 valence electrons. The van der Waals surface area contributed by atoms with Gasteiger partial charge in [-0.25, -0.2) is 4.79 Å². The first-order valence-corrected chi connectivity index (χ1v) is 7.61. The van der Waals surface area contributed by atoms with Gasteiger partial charge in [-0.05, 0) is 13.1 Å². The molecule has 0 radical (unpaired) electrons. The fraction of sp³-hybridized carbons (Fsp3) is 0.533. The van der Waals surface area contributed by atoms with Gasteiger partial charge in [0.15, 0.2) is 0 Å². The van der Waals surface area contributed by atoms with Crippen molar-refractivity contribution in [2.45, 2.75) is 6.54 Å². The van der Waals surface area contributed by atoms with Crippen LogP contribution in [0, 0.1) is 0 Å². The van der Waals surface area contributed by atoms with E-state index in [2.05, 4.69) is 4.90 Å². The molecule has 1 aliphatic rings. The third kappa shape index (κ3) is 2.59. The maximum Gasteiger partial charge on any atom is 0.332 e. The third-order valence-corrected chi connectivity index (χ3v) is 4.52. The first-order chi connectivity index (χ1) is 10.9. The zero-order valence-electron chi connectivity index (χ0n) is 13.7. The number of aromatic nitrogens is 3. The second-order valence-corrected chi connectivity index (χ2v) is 6.07. The van der Waals surface area contributed by atoms with E-state index >= 15 is 0 Å². The van der Waals surface area contributed by atoms with Crippen LogP contribution in [0.25, 0.3) is 11.0 Å². The third-order valence-electron chi connectivity index (χ3n) is 4.52. The average molecular weight is 319 g/mol. The summed E-state index contributed by atoms with van der Waals surface area (Å²) in [7, 11) is 5.10. The topological polar surface area (TPSA) is 72.5 Å². The molecule has 0 aliphatic carbocycles. The van der Waals surface area contributed by atoms with E-state index in [1.807, 2.05) is 11.9 Å². The van der Waals surface area contributed by atoms with E-state index in [4.69, 9.17) is 0 Å². The van der Waals surface area contributed by atoms with Crippen LogP contribution < -0.4 is 11.2 Å². The maximum atomic E-state index is 12.5. The predicted octanol–water partition coefficient (Wildman–Crippen LogP) is -1.19. The number of hydrogen-bond acceptors (Lipinski definition) is 4. The molecule has 1 aliphatic heterocycles. The normalized spacial score (nSPS) is 16.2. The number of nitrogens with zero attached hydrogens (tertiary/aromatic N) is 5. The summed E-state index contributed by atoms with van der Waals surface area (Å²) in [6.07, 6.45) is 1.69. The molecule has 8 nitrogen and oxygen atoms in total. The molecule has 2 aromatic heterocycles. The lowest BCUT2D eigenvalue weighted by Gasteiger charge is -2.32. The molecule has 1 saturated heterocycles. The zero-order valence-corrected chi connectivity index (χ0v) is 13.7. The molecule has 2 aromatic rings. The zero-order chi connectivity index (χ0) is 16.7. The van der Waals surface area contributed by atoms with Gasteiger partial charge in [-0.2, -0.15) is 0 Å². The molecule has 0 aromatic carbocycles. The van der Waals surface area contributed by atoms with E-state index < -0.39 is 5.69 Å². The van der Waals surface area contributed by atoms with Crippen molar-refractivity contribution in [3.63, 3.8) is 0 Å². The van der Waals surface area contributed by atoms with Crippen molar-refractivity contribution in [3.05, 3.63) is 33.1 Å². The second kappa shape index (κ2) is 5.69. The number of carbonyl (C=O) groups is 1. The Labute approximate surface area is 133 Å². The molecule has 0 bridgehead atoms. The Morgan fingerprint density at radius 3 is 2.35 bits per heavy atom. The van der Waals surface area contributed by atoms with Crippen LogP contribution in [0.5, 0.6) is 0 Å². The first-order valence-electron chi connectivity index (χ1n) is 7.61. The quantitative estimate of drug-likeness (QED) is 0.698. The Balaban J connectivity index is 1.94. The molecular formula is C15H21N5O3. The van der Waals surface area contributed by atoms with E-state index in [0.717, 1.165) is 17.7 Å². The maximum absolute atomic E-state index is 12.5. The van der Waals surface area contributed by atoms with Gasteiger partial charge in [0.05, 0.1) is 5.39 Å². The molecule has 0 spiro atoms. The van der Waals surface area contributed by atoms with E-state index in [1.54, 1.807) is 23.9 Å². The summed E-state index contributed by atoms with van der Waals surface area (Å²) in [5, 5.41) is 0.445. The largest absolute Gasteiger partial charge is 0.339 e. The van der Waals surface area contributed by atoms with Crippen LogP contribution in [0.1, 0.15) is 0 Å². The average Bonchev–Trinajstić information content (AvgIpc) is 2.95. The highest BCUT2D eigenvalue weighted by atomic mass is 16.2. The van der Waals surface area contributed by atoms with Crippen molar-refractivity contribution in [2.75, 3.05) is 33.2 Å². The summed E-state index contributed by atoms with van der Waals surface area (Å²) in [4.78, 5) is 40.7. The lowest BCUT2D eigenvalue weighted by atomic mass is 10.3. The van der Waals surface area contributed by atoms with E-state index in [0.29, 0.717) is 24.1 Å². The highest BCUT2D eigenvalue weighted by Gasteiger charge is 2.21. The Kier molecular flexibility index (Phi) is 3.85. The van der Waals surface area contributed by atoms with Crippen molar-refractivity contribution in [1.29, 1.82) is 0 Å². The summed E-state index contributed by atoms with van der Waals surface area (Å²) < 4.78 is 4.17. The number of rotatable bonds is 2. The smallest absolute Gasteiger partial charge is 0.332 e. The summed E-state index contributed by atoms with van der Waals surface area (Å²) in [5.41, 5.74) is -0.246. The molecule has 3 rings (SSSR count). The van der Waals surface area contributed by atoms with Crippen LogP contribution in [-0.4, -0.2) is 62.6 Å². The molecule has 23 heavy (non-hydrogen) atoms. The Bertz CT molecular complexity index is 868. The molecular weight excluding hydrogens is 298 g/mol. The summed E-state index contributed by atoms with van der Waals surface area (Å²) in [5.74, 6) is 0.00345. The van der Waals surface area contributed by atoms with Gasteiger partial charge in [0.1, 0.15) is 12.2 Å². The Hall–Kier alpha value is -2.35. The Morgan fingerprint density at radius 1 is 1.04 bits per heavy atom. The van der Waals surface area contributed by atoms with Gasteiger partial charge in [0.25, 0.3) is 5.56 Å². The highest BCUT2D eigenvalue weighted by molar-refractivity contribution is 5.80. The van der Waals surface area contributed by atoms with Crippen molar-refractivity contribution in [3.8, 4) is 0 Å². The predicted molar refractivity (Wildman–Crippen MR) is 86.5 cm³/mol. The van der Waals surface area contributed by atoms with Gasteiger partial charge in [-0.3, -0.25) is 18.7 Å². The molecule has 3 heterocycles. The SMILES string of the molecule is CN1CCN(C(=O)Cn2ccc3c(=O)n(C)c(=O)n(C)c32)CC1. The first kappa shape index (κ1) is 15.5. The molecule has 0 atom stereocenters. The molecule has 0 saturated carbocycles. The number of aryl methyl sites for hydroxylation is 1. The van der Waals surface area contributed by atoms with Crippen molar-refractivity contribution in [2.24, 2.45) is 14.1 Å². The monoisotopic (exact) mass is 319 g/mol. The van der Waals surface area contributed by atoms with Gasteiger partial charge in [0.2, 0.25) is 5.91 Å². The standard InChI is InChI=1S/C15H21N5O3/c1-16-6-8-19(9-7-16)12(21)10-20-5-4-11-13(20)17(2)15(23)18(3)14(11)22/h4-5H,6-10H2,1-3H3. The second-order valence-electron chi connectivity index (χ2n) is 6.07. The minimum absolute atomic E-state index is 0.00345. The fourth-order valence-electron chi connectivity index (χ4n) is 3.02. The van der Waals surface area contributed by atoms with Gasteiger partial charge < -0.3 is 14.4 Å². The van der Waals surface area contributed by atoms with Crippen LogP contribution >= 0.6 is 0 Å². The number of amides is 1. The molecule has 8 heteroatoms. The Morgan fingerprint density at radius 2 is 1.70 bits per heavy atom. The number of likely N-dealkylation sites (N-methyl/N-ethyl adjacent to an activating group) is 1. The van der Waals surface area contributed by atoms with E-state index in [-0.39, 0.29) is 18.0 Å². The van der Waals surface area contributed by atoms with Crippen LogP contribution in [0.3, 0.4) is 0 Å².